The third-order valence-corrected chi connectivity index (χ3v) is 8.21. The van der Waals surface area contributed by atoms with Crippen molar-refractivity contribution in [3.8, 4) is 0 Å². The highest BCUT2D eigenvalue weighted by Gasteiger charge is 2.34. The molecule has 1 aliphatic heterocycles. The lowest BCUT2D eigenvalue weighted by Gasteiger charge is -2.16. The van der Waals surface area contributed by atoms with E-state index in [-0.39, 0.29) is 17.3 Å². The summed E-state index contributed by atoms with van der Waals surface area (Å²) in [5.41, 5.74) is 0.848. The predicted octanol–water partition coefficient (Wildman–Crippen LogP) is 7.41. The van der Waals surface area contributed by atoms with Gasteiger partial charge in [0.25, 0.3) is 11.8 Å². The predicted molar refractivity (Wildman–Crippen MR) is 192 cm³/mol. The van der Waals surface area contributed by atoms with Crippen LogP contribution in [-0.2, 0) is 14.4 Å². The minimum Gasteiger partial charge on any atom is -0.290 e. The Morgan fingerprint density at radius 1 is 0.921 bits per heavy atom. The summed E-state index contributed by atoms with van der Waals surface area (Å²) < 4.78 is 0. The third kappa shape index (κ3) is 23.1. The van der Waals surface area contributed by atoms with Gasteiger partial charge in [-0.15, -0.1) is 49.5 Å². The van der Waals surface area contributed by atoms with Crippen LogP contribution in [0, 0.1) is 17.8 Å². The number of hydrogen-bond acceptors (Lipinski definition) is 3. The van der Waals surface area contributed by atoms with Crippen LogP contribution in [0.3, 0.4) is 0 Å². The van der Waals surface area contributed by atoms with Crippen molar-refractivity contribution in [3.05, 3.63) is 49.1 Å². The van der Waals surface area contributed by atoms with E-state index in [9.17, 15) is 14.4 Å². The van der Waals surface area contributed by atoms with E-state index in [1.165, 1.54) is 50.8 Å². The zero-order chi connectivity index (χ0) is 29.9. The van der Waals surface area contributed by atoms with Crippen LogP contribution in [0.25, 0.3) is 0 Å². The highest BCUT2D eigenvalue weighted by atomic mass is 31.1. The second-order valence-corrected chi connectivity index (χ2v) is 15.0. The summed E-state index contributed by atoms with van der Waals surface area (Å²) in [4.78, 5) is 33.3. The maximum absolute atomic E-state index is 10.8. The first-order chi connectivity index (χ1) is 18.1. The Hall–Kier alpha value is 0.350. The first kappa shape index (κ1) is 42.8. The Labute approximate surface area is 246 Å². The molecule has 0 spiro atoms. The fourth-order valence-electron chi connectivity index (χ4n) is 3.49. The molecule has 4 nitrogen and oxygen atoms in total. The quantitative estimate of drug-likeness (QED) is 0.120. The van der Waals surface area contributed by atoms with Crippen LogP contribution in [0.5, 0.6) is 0 Å². The summed E-state index contributed by atoms with van der Waals surface area (Å²) >= 11 is 0. The number of rotatable bonds is 8. The minimum absolute atomic E-state index is 0.181. The van der Waals surface area contributed by atoms with Gasteiger partial charge < -0.3 is 0 Å². The highest BCUT2D eigenvalue weighted by Crippen LogP contribution is 2.44. The molecule has 0 N–H and O–H groups in total. The molecular weight excluding hydrogens is 584 g/mol. The smallest absolute Gasteiger partial charge is 0.253 e. The average Bonchev–Trinajstić information content (AvgIpc) is 3.59. The molecule has 38 heavy (non-hydrogen) atoms. The lowest BCUT2D eigenvalue weighted by atomic mass is 9.96. The van der Waals surface area contributed by atoms with Crippen molar-refractivity contribution < 1.29 is 14.4 Å². The fourth-order valence-corrected chi connectivity index (χ4v) is 5.83. The van der Waals surface area contributed by atoms with Gasteiger partial charge in [-0.05, 0) is 117 Å². The van der Waals surface area contributed by atoms with E-state index in [2.05, 4.69) is 65.3 Å². The zero-order valence-corrected chi connectivity index (χ0v) is 31.2. The van der Waals surface area contributed by atoms with E-state index in [4.69, 9.17) is 0 Å². The van der Waals surface area contributed by atoms with Crippen LogP contribution in [0.1, 0.15) is 19.8 Å². The topological polar surface area (TPSA) is 54.5 Å². The van der Waals surface area contributed by atoms with E-state index >= 15 is 0 Å². The van der Waals surface area contributed by atoms with Gasteiger partial charge in [-0.1, -0.05) is 24.8 Å². The van der Waals surface area contributed by atoms with Gasteiger partial charge in [0.1, 0.15) is 0 Å². The normalized spacial score (nSPS) is 20.6. The number of carbonyl (C=O) groups is 3. The molecule has 220 valence electrons. The number of fused-ring (bicyclic) bond motifs is 2. The van der Waals surface area contributed by atoms with Crippen LogP contribution in [-0.4, -0.2) is 94.2 Å². The van der Waals surface area contributed by atoms with Crippen LogP contribution in [0.2, 0.25) is 0 Å². The van der Waals surface area contributed by atoms with Gasteiger partial charge in [0.2, 0.25) is 0 Å². The first-order valence-corrected chi connectivity index (χ1v) is 23.5. The number of nitrogens with zero attached hydrogens (tertiary/aromatic N) is 1. The number of carbonyl (C=O) groups excluding carboxylic acids is 3. The number of hydrogen-bond donors (Lipinski definition) is 0. The van der Waals surface area contributed by atoms with E-state index in [1.54, 1.807) is 6.92 Å². The van der Waals surface area contributed by atoms with Crippen molar-refractivity contribution in [1.29, 1.82) is 0 Å². The van der Waals surface area contributed by atoms with Crippen molar-refractivity contribution in [2.75, 3.05) is 71.9 Å². The van der Waals surface area contributed by atoms with Crippen molar-refractivity contribution in [2.24, 2.45) is 17.8 Å². The molecule has 2 aliphatic carbocycles. The zero-order valence-electron chi connectivity index (χ0n) is 25.2. The first-order valence-electron chi connectivity index (χ1n) is 12.9. The minimum atomic E-state index is -0.181. The molecule has 2 amide bonds. The molecule has 2 bridgehead atoms. The van der Waals surface area contributed by atoms with Crippen LogP contribution in [0.15, 0.2) is 49.1 Å². The molecular formula is C28H55NO3P6. The molecule has 7 unspecified atom stereocenters. The van der Waals surface area contributed by atoms with Gasteiger partial charge >= 0.3 is 0 Å². The maximum Gasteiger partial charge on any atom is 0.253 e. The van der Waals surface area contributed by atoms with Crippen LogP contribution >= 0.6 is 51.5 Å². The summed E-state index contributed by atoms with van der Waals surface area (Å²) in [7, 11) is 5.36. The lowest BCUT2D eigenvalue weighted by Crippen LogP contribution is -2.28. The third-order valence-electron chi connectivity index (χ3n) is 5.06. The second-order valence-electron chi connectivity index (χ2n) is 8.75. The molecule has 1 heterocycles. The largest absolute Gasteiger partial charge is 0.290 e. The van der Waals surface area contributed by atoms with Crippen molar-refractivity contribution in [3.63, 3.8) is 0 Å². The molecule has 3 rings (SSSR count). The number of imide groups is 1. The summed E-state index contributed by atoms with van der Waals surface area (Å²) in [6.45, 7) is 25.7. The molecule has 0 aromatic rings. The van der Waals surface area contributed by atoms with E-state index in [1.807, 2.05) is 19.4 Å². The van der Waals surface area contributed by atoms with Crippen LogP contribution < -0.4 is 0 Å². The van der Waals surface area contributed by atoms with Crippen molar-refractivity contribution in [2.45, 2.75) is 19.8 Å². The van der Waals surface area contributed by atoms with E-state index in [0.717, 1.165) is 43.5 Å². The van der Waals surface area contributed by atoms with E-state index < -0.39 is 0 Å². The number of allylic oxidation sites excluding steroid dienone is 4. The van der Waals surface area contributed by atoms with Gasteiger partial charge in [-0.2, -0.15) is 0 Å². The van der Waals surface area contributed by atoms with Gasteiger partial charge in [0.05, 0.1) is 0 Å². The fraction of sp³-hybridized carbons (Fsp3) is 0.607. The Bertz CT molecular complexity index is 707. The second kappa shape index (κ2) is 30.3. The molecule has 1 fully saturated rings. The van der Waals surface area contributed by atoms with Crippen molar-refractivity contribution in [1.82, 2.24) is 4.90 Å². The summed E-state index contributed by atoms with van der Waals surface area (Å²) in [5.74, 6) is 2.67. The van der Waals surface area contributed by atoms with Gasteiger partial charge in [0, 0.05) is 18.4 Å². The monoisotopic (exact) mass is 639 g/mol. The SMILES string of the molecule is C=C(C)C(=O)PC.C=CCPC.CPC.CPC.CPCC1CC2C=CC1C2.CPCN1C(=O)C=CC1=O. The van der Waals surface area contributed by atoms with Gasteiger partial charge in [-0.3, -0.25) is 19.3 Å². The molecule has 0 saturated heterocycles. The standard InChI is InChI=1S/C9H15P.C6H8NO2P.C5H9OP.C4H9P.2C2H7P/c1-10-6-9-5-7-2-3-8(9)4-7;1-10-4-7-5(8)2-3-6(7)9;1-4(2)5(6)7-3;1-3-4-5-2;2*1-3-2/h2-3,7-10H,4-6H2,1H3;2-3,10H,4H2,1H3;7H,1H2,2-3H3;3,5H,1,4H2,2H3;2*3H,1-2H3. The van der Waals surface area contributed by atoms with Gasteiger partial charge in [0.15, 0.2) is 5.52 Å². The van der Waals surface area contributed by atoms with Crippen LogP contribution in [0.4, 0.5) is 0 Å². The molecule has 0 aromatic heterocycles. The molecule has 3 aliphatic rings. The Morgan fingerprint density at radius 2 is 1.45 bits per heavy atom. The Balaban J connectivity index is -0.000000413. The average molecular weight is 640 g/mol. The molecule has 0 aromatic carbocycles. The maximum atomic E-state index is 10.8. The molecule has 0 radical (unpaired) electrons. The number of amides is 2. The van der Waals surface area contributed by atoms with Gasteiger partial charge in [-0.25, -0.2) is 0 Å². The Morgan fingerprint density at radius 3 is 1.68 bits per heavy atom. The summed E-state index contributed by atoms with van der Waals surface area (Å²) in [6.07, 6.45) is 15.7. The Kier molecular flexibility index (Phi) is 34.2. The lowest BCUT2D eigenvalue weighted by molar-refractivity contribution is -0.135. The molecule has 10 heteroatoms. The summed E-state index contributed by atoms with van der Waals surface area (Å²) in [5, 5.41) is 0. The van der Waals surface area contributed by atoms with E-state index in [0.29, 0.717) is 29.0 Å². The summed E-state index contributed by atoms with van der Waals surface area (Å²) in [6, 6.07) is 0. The highest BCUT2D eigenvalue weighted by molar-refractivity contribution is 7.58. The van der Waals surface area contributed by atoms with Crippen molar-refractivity contribution >= 4 is 68.8 Å². The molecule has 7 atom stereocenters. The molecule has 1 saturated carbocycles.